The summed E-state index contributed by atoms with van der Waals surface area (Å²) in [5, 5.41) is 2.20. The molecule has 0 radical (unpaired) electrons. The van der Waals surface area contributed by atoms with E-state index in [0.29, 0.717) is 5.75 Å². The summed E-state index contributed by atoms with van der Waals surface area (Å²) < 4.78 is 5.11. The van der Waals surface area contributed by atoms with E-state index in [0.717, 1.165) is 11.3 Å². The van der Waals surface area contributed by atoms with E-state index in [4.69, 9.17) is 4.74 Å². The second-order valence-electron chi connectivity index (χ2n) is 5.86. The number of esters is 1. The van der Waals surface area contributed by atoms with Gasteiger partial charge in [-0.3, -0.25) is 19.4 Å². The molecule has 0 bridgehead atoms. The predicted molar refractivity (Wildman–Crippen MR) is 100 cm³/mol. The van der Waals surface area contributed by atoms with Crippen molar-refractivity contribution in [2.45, 2.75) is 12.0 Å². The van der Waals surface area contributed by atoms with Gasteiger partial charge in [-0.15, -0.1) is 11.8 Å². The van der Waals surface area contributed by atoms with E-state index in [1.165, 1.54) is 16.7 Å². The van der Waals surface area contributed by atoms with E-state index in [2.05, 4.69) is 10.3 Å². The number of rotatable bonds is 7. The SMILES string of the molecule is O=C(CN1C(=O)CSC1c1ccccn1)NCC(=O)OCc1ccccc1. The van der Waals surface area contributed by atoms with Gasteiger partial charge in [-0.2, -0.15) is 0 Å². The molecule has 1 atom stereocenters. The van der Waals surface area contributed by atoms with E-state index >= 15 is 0 Å². The maximum Gasteiger partial charge on any atom is 0.325 e. The molecule has 0 spiro atoms. The lowest BCUT2D eigenvalue weighted by molar-refractivity contribution is -0.145. The number of amides is 2. The summed E-state index contributed by atoms with van der Waals surface area (Å²) in [7, 11) is 0. The molecule has 2 aromatic rings. The van der Waals surface area contributed by atoms with Crippen molar-refractivity contribution in [1.82, 2.24) is 15.2 Å². The van der Waals surface area contributed by atoms with Crippen LogP contribution in [0.1, 0.15) is 16.6 Å². The van der Waals surface area contributed by atoms with Crippen LogP contribution in [0.2, 0.25) is 0 Å². The average Bonchev–Trinajstić information content (AvgIpc) is 3.06. The molecule has 3 rings (SSSR count). The summed E-state index contributed by atoms with van der Waals surface area (Å²) in [6, 6.07) is 14.7. The van der Waals surface area contributed by atoms with Gasteiger partial charge in [0, 0.05) is 6.20 Å². The molecule has 2 amide bonds. The lowest BCUT2D eigenvalue weighted by Crippen LogP contribution is -2.41. The van der Waals surface area contributed by atoms with Gasteiger partial charge in [-0.05, 0) is 17.7 Å². The zero-order valence-electron chi connectivity index (χ0n) is 14.5. The Morgan fingerprint density at radius 3 is 2.70 bits per heavy atom. The number of hydrogen-bond donors (Lipinski definition) is 1. The van der Waals surface area contributed by atoms with Crippen LogP contribution in [-0.2, 0) is 25.7 Å². The summed E-state index contributed by atoms with van der Waals surface area (Å²) in [5.74, 6) is -0.773. The third kappa shape index (κ3) is 5.30. The lowest BCUT2D eigenvalue weighted by Gasteiger charge is -2.22. The molecule has 2 heterocycles. The summed E-state index contributed by atoms with van der Waals surface area (Å²) in [5.41, 5.74) is 1.60. The highest BCUT2D eigenvalue weighted by molar-refractivity contribution is 8.00. The molecule has 0 aliphatic carbocycles. The van der Waals surface area contributed by atoms with Crippen molar-refractivity contribution < 1.29 is 19.1 Å². The third-order valence-corrected chi connectivity index (χ3v) is 5.12. The fourth-order valence-corrected chi connectivity index (χ4v) is 3.71. The number of benzene rings is 1. The molecule has 1 unspecified atom stereocenters. The van der Waals surface area contributed by atoms with Gasteiger partial charge in [-0.1, -0.05) is 36.4 Å². The molecule has 1 saturated heterocycles. The Morgan fingerprint density at radius 1 is 1.19 bits per heavy atom. The van der Waals surface area contributed by atoms with Crippen LogP contribution < -0.4 is 5.32 Å². The van der Waals surface area contributed by atoms with Gasteiger partial charge in [0.15, 0.2) is 0 Å². The fraction of sp³-hybridized carbons (Fsp3) is 0.263. The minimum atomic E-state index is -0.532. The quantitative estimate of drug-likeness (QED) is 0.727. The molecule has 1 aromatic carbocycles. The van der Waals surface area contributed by atoms with E-state index in [1.807, 2.05) is 42.5 Å². The van der Waals surface area contributed by atoms with E-state index in [1.54, 1.807) is 12.3 Å². The minimum absolute atomic E-state index is 0.126. The molecule has 1 aliphatic heterocycles. The number of thioether (sulfide) groups is 1. The summed E-state index contributed by atoms with van der Waals surface area (Å²) in [4.78, 5) is 41.8. The monoisotopic (exact) mass is 385 g/mol. The normalized spacial score (nSPS) is 16.2. The van der Waals surface area contributed by atoms with E-state index in [-0.39, 0.29) is 31.0 Å². The molecule has 140 valence electrons. The summed E-state index contributed by atoms with van der Waals surface area (Å²) in [6.07, 6.45) is 1.65. The maximum absolute atomic E-state index is 12.2. The Kier molecular flexibility index (Phi) is 6.43. The molecule has 1 aliphatic rings. The second kappa shape index (κ2) is 9.18. The van der Waals surface area contributed by atoms with Gasteiger partial charge < -0.3 is 15.0 Å². The fourth-order valence-electron chi connectivity index (χ4n) is 2.56. The summed E-state index contributed by atoms with van der Waals surface area (Å²) in [6.45, 7) is -0.216. The number of carbonyl (C=O) groups excluding carboxylic acids is 3. The minimum Gasteiger partial charge on any atom is -0.460 e. The first-order valence-corrected chi connectivity index (χ1v) is 9.46. The Labute approximate surface area is 161 Å². The van der Waals surface area contributed by atoms with Crippen LogP contribution in [0.5, 0.6) is 0 Å². The first kappa shape index (κ1) is 18.9. The molecular weight excluding hydrogens is 366 g/mol. The van der Waals surface area contributed by atoms with Gasteiger partial charge in [0.1, 0.15) is 25.1 Å². The van der Waals surface area contributed by atoms with Crippen LogP contribution in [0.15, 0.2) is 54.7 Å². The number of nitrogens with one attached hydrogen (secondary N) is 1. The van der Waals surface area contributed by atoms with Gasteiger partial charge in [0.2, 0.25) is 11.8 Å². The number of carbonyl (C=O) groups is 3. The number of aromatic nitrogens is 1. The largest absolute Gasteiger partial charge is 0.460 e. The maximum atomic E-state index is 12.2. The number of nitrogens with zero attached hydrogens (tertiary/aromatic N) is 2. The molecule has 1 fully saturated rings. The van der Waals surface area contributed by atoms with Crippen molar-refractivity contribution in [1.29, 1.82) is 0 Å². The Morgan fingerprint density at radius 2 is 1.96 bits per heavy atom. The molecule has 27 heavy (non-hydrogen) atoms. The first-order chi connectivity index (χ1) is 13.1. The van der Waals surface area contributed by atoms with Gasteiger partial charge in [0.05, 0.1) is 11.4 Å². The lowest BCUT2D eigenvalue weighted by atomic mass is 10.2. The van der Waals surface area contributed by atoms with Crippen LogP contribution in [0.25, 0.3) is 0 Å². The predicted octanol–water partition coefficient (Wildman–Crippen LogP) is 1.52. The molecule has 7 nitrogen and oxygen atoms in total. The zero-order valence-corrected chi connectivity index (χ0v) is 15.4. The smallest absolute Gasteiger partial charge is 0.325 e. The molecule has 8 heteroatoms. The first-order valence-electron chi connectivity index (χ1n) is 8.42. The highest BCUT2D eigenvalue weighted by Gasteiger charge is 2.34. The number of hydrogen-bond acceptors (Lipinski definition) is 6. The van der Waals surface area contributed by atoms with Gasteiger partial charge >= 0.3 is 5.97 Å². The molecule has 1 aromatic heterocycles. The Hall–Kier alpha value is -2.87. The van der Waals surface area contributed by atoms with Crippen LogP contribution in [0, 0.1) is 0 Å². The molecule has 1 N–H and O–H groups in total. The van der Waals surface area contributed by atoms with Crippen LogP contribution in [-0.4, -0.2) is 46.5 Å². The van der Waals surface area contributed by atoms with Crippen LogP contribution >= 0.6 is 11.8 Å². The van der Waals surface area contributed by atoms with Gasteiger partial charge in [0.25, 0.3) is 0 Å². The van der Waals surface area contributed by atoms with Crippen molar-refractivity contribution in [2.24, 2.45) is 0 Å². The van der Waals surface area contributed by atoms with E-state index in [9.17, 15) is 14.4 Å². The van der Waals surface area contributed by atoms with Crippen molar-refractivity contribution >= 4 is 29.5 Å². The third-order valence-electron chi connectivity index (χ3n) is 3.90. The average molecular weight is 385 g/mol. The van der Waals surface area contributed by atoms with E-state index < -0.39 is 11.9 Å². The highest BCUT2D eigenvalue weighted by Crippen LogP contribution is 2.37. The topological polar surface area (TPSA) is 88.6 Å². The Bertz CT molecular complexity index is 801. The van der Waals surface area contributed by atoms with Crippen LogP contribution in [0.4, 0.5) is 0 Å². The van der Waals surface area contributed by atoms with Crippen molar-refractivity contribution in [3.8, 4) is 0 Å². The molecule has 0 saturated carbocycles. The molecular formula is C19H19N3O4S. The standard InChI is InChI=1S/C19H19N3O4S/c23-16(21-10-18(25)26-12-14-6-2-1-3-7-14)11-22-17(24)13-27-19(22)15-8-4-5-9-20-15/h1-9,19H,10-13H2,(H,21,23). The van der Waals surface area contributed by atoms with Crippen molar-refractivity contribution in [2.75, 3.05) is 18.8 Å². The highest BCUT2D eigenvalue weighted by atomic mass is 32.2. The van der Waals surface area contributed by atoms with Crippen molar-refractivity contribution in [3.05, 3.63) is 66.0 Å². The van der Waals surface area contributed by atoms with Crippen molar-refractivity contribution in [3.63, 3.8) is 0 Å². The summed E-state index contributed by atoms with van der Waals surface area (Å²) >= 11 is 1.43. The number of pyridine rings is 1. The van der Waals surface area contributed by atoms with Gasteiger partial charge in [-0.25, -0.2) is 0 Å². The second-order valence-corrected chi connectivity index (χ2v) is 6.93. The number of ether oxygens (including phenoxy) is 1. The zero-order chi connectivity index (χ0) is 19.1. The Balaban J connectivity index is 1.46. The van der Waals surface area contributed by atoms with Crippen LogP contribution in [0.3, 0.4) is 0 Å².